The first-order valence-electron chi connectivity index (χ1n) is 20.7. The van der Waals surface area contributed by atoms with E-state index in [1.54, 1.807) is 31.4 Å². The summed E-state index contributed by atoms with van der Waals surface area (Å²) in [6, 6.07) is 26.8. The zero-order valence-electron chi connectivity index (χ0n) is 33.2. The lowest BCUT2D eigenvalue weighted by atomic mass is 9.37. The molecular weight excluding hydrogens is 805 g/mol. The van der Waals surface area contributed by atoms with Crippen molar-refractivity contribution in [3.05, 3.63) is 131 Å². The Bertz CT molecular complexity index is 2600. The Morgan fingerprint density at radius 3 is 2.25 bits per heavy atom. The monoisotopic (exact) mass is 852 g/mol. The fraction of sp³-hybridized carbons (Fsp3) is 0.413. The molecular formula is C46H48N2O10S2. The van der Waals surface area contributed by atoms with Crippen molar-refractivity contribution in [3.63, 3.8) is 0 Å². The van der Waals surface area contributed by atoms with Crippen LogP contribution in [0.25, 0.3) is 0 Å². The Labute approximate surface area is 350 Å². The molecule has 1 amide bonds. The number of hydrogen-bond acceptors (Lipinski definition) is 9. The van der Waals surface area contributed by atoms with Crippen LogP contribution in [0.3, 0.4) is 0 Å². The molecule has 1 saturated heterocycles. The van der Waals surface area contributed by atoms with Gasteiger partial charge in [0.1, 0.15) is 11.7 Å². The van der Waals surface area contributed by atoms with E-state index in [-0.39, 0.29) is 21.7 Å². The molecule has 3 N–H and O–H groups in total. The molecule has 2 aliphatic heterocycles. The molecule has 4 aromatic carbocycles. The molecule has 11 rings (SSSR count). The summed E-state index contributed by atoms with van der Waals surface area (Å²) in [4.78, 5) is 17.0. The summed E-state index contributed by atoms with van der Waals surface area (Å²) in [5.41, 5.74) is 3.41. The lowest BCUT2D eigenvalue weighted by Crippen LogP contribution is -2.80. The van der Waals surface area contributed by atoms with Gasteiger partial charge in [0.25, 0.3) is 20.2 Å². The SMILES string of the molecule is CO[C@]12C=C[C@@]3(C[C@@H]1C(=O)NCc1ccccc1)C1Cc4ccc(OCCc5ccc(S(=O)(=O)O)cc5)c5c4C3(CCN1CC1CC1Cc1ccc(S(=O)(=O)O)cc1)[C@H]2O5. The number of nitrogens with one attached hydrogen (secondary N) is 1. The van der Waals surface area contributed by atoms with E-state index in [4.69, 9.17) is 14.2 Å². The van der Waals surface area contributed by atoms with Crippen LogP contribution in [0, 0.1) is 23.2 Å². The number of rotatable bonds is 14. The summed E-state index contributed by atoms with van der Waals surface area (Å²) in [7, 11) is -6.84. The summed E-state index contributed by atoms with van der Waals surface area (Å²) < 4.78 is 85.5. The summed E-state index contributed by atoms with van der Waals surface area (Å²) in [6.45, 7) is 2.50. The number of ether oxygens (including phenoxy) is 3. The van der Waals surface area contributed by atoms with Crippen molar-refractivity contribution in [2.24, 2.45) is 23.2 Å². The predicted octanol–water partition coefficient (Wildman–Crippen LogP) is 5.59. The molecule has 2 heterocycles. The van der Waals surface area contributed by atoms with E-state index in [2.05, 4.69) is 28.4 Å². The lowest BCUT2D eigenvalue weighted by molar-refractivity contribution is -0.216. The van der Waals surface area contributed by atoms with Crippen molar-refractivity contribution in [2.75, 3.05) is 26.8 Å². The summed E-state index contributed by atoms with van der Waals surface area (Å²) in [6.07, 6.45) is 8.66. The average Bonchev–Trinajstić information content (AvgIpc) is 3.85. The van der Waals surface area contributed by atoms with E-state index in [1.165, 1.54) is 35.4 Å². The topological polar surface area (TPSA) is 169 Å². The highest BCUT2D eigenvalue weighted by Gasteiger charge is 2.80. The third-order valence-electron chi connectivity index (χ3n) is 14.7. The van der Waals surface area contributed by atoms with E-state index >= 15 is 0 Å². The zero-order chi connectivity index (χ0) is 41.7. The number of benzene rings is 4. The van der Waals surface area contributed by atoms with E-state index in [9.17, 15) is 30.7 Å². The Hall–Kier alpha value is -4.57. The van der Waals surface area contributed by atoms with Gasteiger partial charge in [-0.25, -0.2) is 0 Å². The van der Waals surface area contributed by atoms with Crippen LogP contribution < -0.4 is 14.8 Å². The molecule has 14 heteroatoms. The minimum Gasteiger partial charge on any atom is -0.489 e. The largest absolute Gasteiger partial charge is 0.489 e. The van der Waals surface area contributed by atoms with Crippen LogP contribution in [0.5, 0.6) is 11.5 Å². The van der Waals surface area contributed by atoms with Crippen LogP contribution >= 0.6 is 0 Å². The first-order chi connectivity index (χ1) is 28.8. The Morgan fingerprint density at radius 1 is 0.867 bits per heavy atom. The molecule has 12 nitrogen and oxygen atoms in total. The standard InChI is InChI=1S/C46H48N2O10S2/c1-56-46-19-18-44(26-37(46)42(49)47-27-31-5-3-2-4-6-31)39-25-32-11-16-38(57-22-17-29-7-12-35(13-8-29)59(50,51)52)41-40(32)45(44,43(46)58-41)20-21-48(39)28-34-24-33(34)23-30-9-14-36(15-10-30)60(53,54)55/h2-16,18-19,33-34,37,39,43H,17,20-28H2,1H3,(H,47,49)(H,50,51,52)(H,53,54,55)/t33?,34?,37-,39?,43-,44-,45?,46-/m1/s1. The molecule has 2 saturated carbocycles. The van der Waals surface area contributed by atoms with Crippen molar-refractivity contribution in [1.29, 1.82) is 0 Å². The highest BCUT2D eigenvalue weighted by Crippen LogP contribution is 2.75. The lowest BCUT2D eigenvalue weighted by Gasteiger charge is -2.71. The molecule has 5 aliphatic carbocycles. The van der Waals surface area contributed by atoms with Crippen LogP contribution in [0.1, 0.15) is 47.1 Å². The number of piperidine rings is 1. The molecule has 4 unspecified atom stereocenters. The van der Waals surface area contributed by atoms with Crippen LogP contribution in [0.2, 0.25) is 0 Å². The number of fused-ring (bicyclic) bond motifs is 1. The second kappa shape index (κ2) is 14.2. The maximum atomic E-state index is 14.5. The van der Waals surface area contributed by atoms with Crippen molar-refractivity contribution in [3.8, 4) is 11.5 Å². The van der Waals surface area contributed by atoms with Gasteiger partial charge in [-0.15, -0.1) is 0 Å². The molecule has 7 aliphatic rings. The Kier molecular flexibility index (Phi) is 9.39. The van der Waals surface area contributed by atoms with Crippen LogP contribution in [0.4, 0.5) is 0 Å². The fourth-order valence-electron chi connectivity index (χ4n) is 11.7. The average molecular weight is 853 g/mol. The molecule has 0 aromatic heterocycles. The fourth-order valence-corrected chi connectivity index (χ4v) is 12.7. The highest BCUT2D eigenvalue weighted by molar-refractivity contribution is 7.86. The highest BCUT2D eigenvalue weighted by atomic mass is 32.2. The number of hydrogen-bond donors (Lipinski definition) is 3. The second-order valence-electron chi connectivity index (χ2n) is 17.5. The molecule has 0 radical (unpaired) electrons. The molecule has 60 heavy (non-hydrogen) atoms. The summed E-state index contributed by atoms with van der Waals surface area (Å²) in [5.74, 6) is 1.71. The van der Waals surface area contributed by atoms with Gasteiger partial charge in [-0.1, -0.05) is 72.8 Å². The molecule has 4 bridgehead atoms. The van der Waals surface area contributed by atoms with E-state index in [1.807, 2.05) is 36.4 Å². The van der Waals surface area contributed by atoms with Crippen molar-refractivity contribution in [2.45, 2.75) is 78.0 Å². The van der Waals surface area contributed by atoms with Gasteiger partial charge in [0.05, 0.1) is 27.7 Å². The number of carbonyl (C=O) groups excluding carboxylic acids is 1. The smallest absolute Gasteiger partial charge is 0.294 e. The predicted molar refractivity (Wildman–Crippen MR) is 221 cm³/mol. The van der Waals surface area contributed by atoms with Crippen LogP contribution in [0.15, 0.2) is 113 Å². The molecule has 3 fully saturated rings. The van der Waals surface area contributed by atoms with Gasteiger partial charge in [-0.05, 0) is 103 Å². The molecule has 8 atom stereocenters. The maximum absolute atomic E-state index is 14.5. The molecule has 314 valence electrons. The van der Waals surface area contributed by atoms with Gasteiger partial charge in [0.2, 0.25) is 5.91 Å². The van der Waals surface area contributed by atoms with Gasteiger partial charge >= 0.3 is 0 Å². The van der Waals surface area contributed by atoms with Crippen LogP contribution in [-0.4, -0.2) is 81.3 Å². The molecule has 4 aromatic rings. The van der Waals surface area contributed by atoms with E-state index in [0.29, 0.717) is 49.3 Å². The summed E-state index contributed by atoms with van der Waals surface area (Å²) >= 11 is 0. The van der Waals surface area contributed by atoms with Gasteiger partial charge in [0, 0.05) is 43.6 Å². The summed E-state index contributed by atoms with van der Waals surface area (Å²) in [5, 5.41) is 3.25. The quantitative estimate of drug-likeness (QED) is 0.107. The number of likely N-dealkylation sites (tertiary alicyclic amines) is 1. The third-order valence-corrected chi connectivity index (χ3v) is 16.4. The normalized spacial score (nSPS) is 30.7. The van der Waals surface area contributed by atoms with Gasteiger partial charge in [0.15, 0.2) is 11.5 Å². The van der Waals surface area contributed by atoms with Gasteiger partial charge in [-0.2, -0.15) is 16.8 Å². The number of nitrogens with zero attached hydrogens (tertiary/aromatic N) is 1. The minimum absolute atomic E-state index is 0.0620. The third kappa shape index (κ3) is 6.24. The van der Waals surface area contributed by atoms with Gasteiger partial charge in [-0.3, -0.25) is 18.8 Å². The van der Waals surface area contributed by atoms with Crippen molar-refractivity contribution < 1.29 is 44.9 Å². The first kappa shape index (κ1) is 39.6. The zero-order valence-corrected chi connectivity index (χ0v) is 34.8. The Balaban J connectivity index is 0.956. The second-order valence-corrected chi connectivity index (χ2v) is 20.4. The Morgan fingerprint density at radius 2 is 1.57 bits per heavy atom. The number of carbonyl (C=O) groups is 1. The number of methoxy groups -OCH3 is 1. The van der Waals surface area contributed by atoms with Gasteiger partial charge < -0.3 is 19.5 Å². The van der Waals surface area contributed by atoms with E-state index < -0.39 is 48.7 Å². The number of amides is 1. The minimum atomic E-state index is -4.29. The van der Waals surface area contributed by atoms with Crippen molar-refractivity contribution in [1.82, 2.24) is 10.2 Å². The van der Waals surface area contributed by atoms with Crippen LogP contribution in [-0.2, 0) is 61.0 Å². The van der Waals surface area contributed by atoms with Crippen molar-refractivity contribution >= 4 is 26.1 Å². The first-order valence-corrected chi connectivity index (χ1v) is 23.5. The maximum Gasteiger partial charge on any atom is 0.294 e. The molecule has 2 spiro atoms. The van der Waals surface area contributed by atoms with E-state index in [0.717, 1.165) is 55.5 Å².